The lowest BCUT2D eigenvalue weighted by Gasteiger charge is -2.12. The van der Waals surface area contributed by atoms with Crippen LogP contribution in [0, 0.1) is 0 Å². The maximum absolute atomic E-state index is 12.8. The standard InChI is InChI=1S/C17H15ClN6O2S/c1-4-27-16-21-20-14-11-13(22(2)17(26)23(3)15(11)25)19-12(24(14)16)9-7-5-6-8-10(9)18/h5-8H,4H2,1-3H3. The number of nitrogens with zero attached hydrogens (tertiary/aromatic N) is 6. The number of hydrogen-bond acceptors (Lipinski definition) is 6. The van der Waals surface area contributed by atoms with Gasteiger partial charge in [-0.05, 0) is 17.9 Å². The number of benzene rings is 1. The average Bonchev–Trinajstić information content (AvgIpc) is 3.08. The number of hydrogen-bond donors (Lipinski definition) is 0. The molecule has 0 spiro atoms. The lowest BCUT2D eigenvalue weighted by Crippen LogP contribution is -2.37. The number of thioether (sulfide) groups is 1. The average molecular weight is 403 g/mol. The first-order chi connectivity index (χ1) is 13.0. The van der Waals surface area contributed by atoms with E-state index < -0.39 is 11.2 Å². The Bertz CT molecular complexity index is 1320. The van der Waals surface area contributed by atoms with Crippen LogP contribution in [0.5, 0.6) is 0 Å². The van der Waals surface area contributed by atoms with Gasteiger partial charge in [-0.25, -0.2) is 9.78 Å². The largest absolute Gasteiger partial charge is 0.332 e. The lowest BCUT2D eigenvalue weighted by molar-refractivity contribution is 0.706. The zero-order valence-electron chi connectivity index (χ0n) is 14.8. The van der Waals surface area contributed by atoms with Crippen molar-refractivity contribution >= 4 is 40.0 Å². The second-order valence-corrected chi connectivity index (χ2v) is 7.53. The molecule has 0 amide bonds. The van der Waals surface area contributed by atoms with Gasteiger partial charge in [0.15, 0.2) is 22.3 Å². The Morgan fingerprint density at radius 3 is 2.52 bits per heavy atom. The molecule has 10 heteroatoms. The summed E-state index contributed by atoms with van der Waals surface area (Å²) in [7, 11) is 3.00. The molecular weight excluding hydrogens is 388 g/mol. The molecule has 0 radical (unpaired) electrons. The van der Waals surface area contributed by atoms with Gasteiger partial charge in [-0.2, -0.15) is 0 Å². The van der Waals surface area contributed by atoms with Gasteiger partial charge in [0.2, 0.25) is 0 Å². The van der Waals surface area contributed by atoms with Gasteiger partial charge < -0.3 is 0 Å². The van der Waals surface area contributed by atoms with Crippen molar-refractivity contribution in [3.8, 4) is 11.4 Å². The SMILES string of the molecule is CCSc1nnc2c3c(=O)n(C)c(=O)n(C)c3nc(-c3ccccc3Cl)n12. The van der Waals surface area contributed by atoms with E-state index in [1.165, 1.54) is 23.4 Å². The Hall–Kier alpha value is -2.65. The summed E-state index contributed by atoms with van der Waals surface area (Å²) in [5.74, 6) is 1.25. The Kier molecular flexibility index (Phi) is 4.27. The van der Waals surface area contributed by atoms with E-state index in [-0.39, 0.29) is 11.0 Å². The molecule has 1 aromatic carbocycles. The smallest absolute Gasteiger partial charge is 0.280 e. The zero-order chi connectivity index (χ0) is 19.3. The number of aromatic nitrogens is 6. The fourth-order valence-corrected chi connectivity index (χ4v) is 3.86. The maximum atomic E-state index is 12.8. The van der Waals surface area contributed by atoms with Crippen molar-refractivity contribution in [2.45, 2.75) is 12.1 Å². The molecule has 8 nitrogen and oxygen atoms in total. The van der Waals surface area contributed by atoms with E-state index >= 15 is 0 Å². The third kappa shape index (κ3) is 2.57. The van der Waals surface area contributed by atoms with Gasteiger partial charge in [-0.15, -0.1) is 10.2 Å². The van der Waals surface area contributed by atoms with E-state index in [1.807, 2.05) is 25.1 Å². The quantitative estimate of drug-likeness (QED) is 0.488. The fourth-order valence-electron chi connectivity index (χ4n) is 2.98. The van der Waals surface area contributed by atoms with Crippen molar-refractivity contribution in [2.75, 3.05) is 5.75 Å². The minimum absolute atomic E-state index is 0.242. The fraction of sp³-hybridized carbons (Fsp3) is 0.235. The van der Waals surface area contributed by atoms with Crippen molar-refractivity contribution in [3.63, 3.8) is 0 Å². The van der Waals surface area contributed by atoms with Gasteiger partial charge in [0, 0.05) is 19.7 Å². The Balaban J connectivity index is 2.29. The third-order valence-corrected chi connectivity index (χ3v) is 5.44. The van der Waals surface area contributed by atoms with E-state index in [0.29, 0.717) is 27.2 Å². The zero-order valence-corrected chi connectivity index (χ0v) is 16.4. The van der Waals surface area contributed by atoms with Crippen molar-refractivity contribution in [1.29, 1.82) is 0 Å². The summed E-state index contributed by atoms with van der Waals surface area (Å²) in [6, 6.07) is 7.26. The van der Waals surface area contributed by atoms with E-state index in [9.17, 15) is 9.59 Å². The predicted molar refractivity (Wildman–Crippen MR) is 106 cm³/mol. The van der Waals surface area contributed by atoms with Crippen LogP contribution in [0.15, 0.2) is 39.0 Å². The molecule has 0 unspecified atom stereocenters. The van der Waals surface area contributed by atoms with E-state index in [0.717, 1.165) is 10.3 Å². The molecule has 138 valence electrons. The number of fused-ring (bicyclic) bond motifs is 3. The summed E-state index contributed by atoms with van der Waals surface area (Å²) in [5.41, 5.74) is 0.332. The topological polar surface area (TPSA) is 87.1 Å². The normalized spacial score (nSPS) is 11.6. The highest BCUT2D eigenvalue weighted by Gasteiger charge is 2.22. The van der Waals surface area contributed by atoms with E-state index in [4.69, 9.17) is 11.6 Å². The molecule has 3 aromatic heterocycles. The van der Waals surface area contributed by atoms with Crippen LogP contribution in [-0.2, 0) is 14.1 Å². The van der Waals surface area contributed by atoms with E-state index in [1.54, 1.807) is 17.5 Å². The van der Waals surface area contributed by atoms with Gasteiger partial charge in [-0.3, -0.25) is 18.3 Å². The third-order valence-electron chi connectivity index (χ3n) is 4.30. The number of aryl methyl sites for hydroxylation is 1. The predicted octanol–water partition coefficient (Wildman–Crippen LogP) is 2.11. The molecule has 0 saturated heterocycles. The first-order valence-corrected chi connectivity index (χ1v) is 9.54. The van der Waals surface area contributed by atoms with Crippen LogP contribution < -0.4 is 11.2 Å². The highest BCUT2D eigenvalue weighted by Crippen LogP contribution is 2.31. The molecule has 4 aromatic rings. The summed E-state index contributed by atoms with van der Waals surface area (Å²) >= 11 is 7.88. The van der Waals surface area contributed by atoms with Gasteiger partial charge in [0.05, 0.1) is 5.02 Å². The molecule has 0 bridgehead atoms. The second kappa shape index (κ2) is 6.50. The molecule has 3 heterocycles. The first-order valence-electron chi connectivity index (χ1n) is 8.18. The number of rotatable bonds is 3. The van der Waals surface area contributed by atoms with Gasteiger partial charge >= 0.3 is 5.69 Å². The Labute approximate surface area is 162 Å². The van der Waals surface area contributed by atoms with Crippen LogP contribution >= 0.6 is 23.4 Å². The summed E-state index contributed by atoms with van der Waals surface area (Å²) in [4.78, 5) is 29.8. The van der Waals surface area contributed by atoms with Crippen LogP contribution in [0.2, 0.25) is 5.02 Å². The molecule has 0 N–H and O–H groups in total. The van der Waals surface area contributed by atoms with Gasteiger partial charge in [-0.1, -0.05) is 42.4 Å². The maximum Gasteiger partial charge on any atom is 0.332 e. The molecule has 4 rings (SSSR count). The minimum atomic E-state index is -0.461. The Morgan fingerprint density at radius 2 is 1.81 bits per heavy atom. The van der Waals surface area contributed by atoms with Crippen molar-refractivity contribution in [3.05, 3.63) is 50.1 Å². The first kappa shape index (κ1) is 17.7. The van der Waals surface area contributed by atoms with Crippen LogP contribution in [0.1, 0.15) is 6.92 Å². The lowest BCUT2D eigenvalue weighted by atomic mass is 10.2. The van der Waals surface area contributed by atoms with Crippen LogP contribution in [0.25, 0.3) is 28.1 Å². The molecule has 27 heavy (non-hydrogen) atoms. The molecule has 0 aliphatic carbocycles. The van der Waals surface area contributed by atoms with Crippen LogP contribution in [0.4, 0.5) is 0 Å². The van der Waals surface area contributed by atoms with Crippen molar-refractivity contribution < 1.29 is 0 Å². The highest BCUT2D eigenvalue weighted by molar-refractivity contribution is 7.99. The molecule has 0 aliphatic heterocycles. The second-order valence-electron chi connectivity index (χ2n) is 5.89. The number of halogens is 1. The van der Waals surface area contributed by atoms with Crippen LogP contribution in [-0.4, -0.2) is 34.5 Å². The Morgan fingerprint density at radius 1 is 1.07 bits per heavy atom. The highest BCUT2D eigenvalue weighted by atomic mass is 35.5. The molecule has 0 saturated carbocycles. The summed E-state index contributed by atoms with van der Waals surface area (Å²) in [5, 5.41) is 9.81. The van der Waals surface area contributed by atoms with Crippen molar-refractivity contribution in [2.24, 2.45) is 14.1 Å². The van der Waals surface area contributed by atoms with Crippen molar-refractivity contribution in [1.82, 2.24) is 28.7 Å². The van der Waals surface area contributed by atoms with Crippen LogP contribution in [0.3, 0.4) is 0 Å². The van der Waals surface area contributed by atoms with Gasteiger partial charge in [0.25, 0.3) is 5.56 Å². The monoisotopic (exact) mass is 402 g/mol. The summed E-state index contributed by atoms with van der Waals surface area (Å²) in [6.45, 7) is 2.00. The van der Waals surface area contributed by atoms with Gasteiger partial charge in [0.1, 0.15) is 5.39 Å². The minimum Gasteiger partial charge on any atom is -0.280 e. The molecule has 0 fully saturated rings. The molecule has 0 atom stereocenters. The summed E-state index contributed by atoms with van der Waals surface area (Å²) in [6.07, 6.45) is 0. The summed E-state index contributed by atoms with van der Waals surface area (Å²) < 4.78 is 4.10. The van der Waals surface area contributed by atoms with E-state index in [2.05, 4.69) is 15.2 Å². The molecule has 0 aliphatic rings. The molecular formula is C17H15ClN6O2S.